The van der Waals surface area contributed by atoms with Crippen molar-refractivity contribution in [2.75, 3.05) is 31.1 Å². The summed E-state index contributed by atoms with van der Waals surface area (Å²) in [5.41, 5.74) is 2.70. The van der Waals surface area contributed by atoms with E-state index in [2.05, 4.69) is 37.5 Å². The lowest BCUT2D eigenvalue weighted by molar-refractivity contribution is 0.0767. The van der Waals surface area contributed by atoms with Crippen LogP contribution < -0.4 is 4.90 Å². The van der Waals surface area contributed by atoms with Gasteiger partial charge in [0.05, 0.1) is 16.1 Å². The monoisotopic (exact) mass is 480 g/mol. The first-order chi connectivity index (χ1) is 12.6. The summed E-state index contributed by atoms with van der Waals surface area (Å²) in [6.45, 7) is 3.06. The first-order valence-electron chi connectivity index (χ1n) is 8.56. The number of carbonyl (C=O) groups excluding carboxylic acids is 1. The normalized spacial score (nSPS) is 15.3. The SMILES string of the molecule is O=C(c1ccc(Cl)c(I)c1)N1CCCN(c2nc3ccccc3[nH]2)CC1. The molecule has 1 aromatic heterocycles. The van der Waals surface area contributed by atoms with Gasteiger partial charge in [-0.1, -0.05) is 23.7 Å². The van der Waals surface area contributed by atoms with E-state index in [0.29, 0.717) is 17.1 Å². The lowest BCUT2D eigenvalue weighted by Crippen LogP contribution is -2.35. The van der Waals surface area contributed by atoms with Gasteiger partial charge in [-0.2, -0.15) is 0 Å². The molecule has 1 saturated heterocycles. The lowest BCUT2D eigenvalue weighted by Gasteiger charge is -2.22. The molecule has 134 valence electrons. The van der Waals surface area contributed by atoms with Gasteiger partial charge in [-0.05, 0) is 59.3 Å². The Morgan fingerprint density at radius 2 is 1.96 bits per heavy atom. The summed E-state index contributed by atoms with van der Waals surface area (Å²) in [6.07, 6.45) is 0.910. The van der Waals surface area contributed by atoms with E-state index in [1.165, 1.54) is 0 Å². The number of hydrogen-bond acceptors (Lipinski definition) is 3. The van der Waals surface area contributed by atoms with Crippen molar-refractivity contribution >= 4 is 57.1 Å². The summed E-state index contributed by atoms with van der Waals surface area (Å²) < 4.78 is 0.897. The molecule has 0 bridgehead atoms. The van der Waals surface area contributed by atoms with E-state index in [1.54, 1.807) is 12.1 Å². The fourth-order valence-electron chi connectivity index (χ4n) is 3.23. The van der Waals surface area contributed by atoms with Gasteiger partial charge in [-0.15, -0.1) is 0 Å². The average Bonchev–Trinajstić information content (AvgIpc) is 2.93. The van der Waals surface area contributed by atoms with Gasteiger partial charge < -0.3 is 14.8 Å². The number of rotatable bonds is 2. The number of aromatic amines is 1. The Bertz CT molecular complexity index is 925. The van der Waals surface area contributed by atoms with Crippen LogP contribution in [-0.2, 0) is 0 Å². The number of H-pyrrole nitrogens is 1. The molecule has 1 aliphatic heterocycles. The molecule has 0 unspecified atom stereocenters. The van der Waals surface area contributed by atoms with E-state index in [1.807, 2.05) is 35.2 Å². The molecule has 1 amide bonds. The third kappa shape index (κ3) is 3.53. The Balaban J connectivity index is 1.49. The van der Waals surface area contributed by atoms with Crippen LogP contribution in [0.15, 0.2) is 42.5 Å². The third-order valence-electron chi connectivity index (χ3n) is 4.63. The van der Waals surface area contributed by atoms with Gasteiger partial charge in [0.1, 0.15) is 0 Å². The first kappa shape index (κ1) is 17.6. The molecule has 4 rings (SSSR count). The molecular weight excluding hydrogens is 463 g/mol. The molecule has 2 heterocycles. The van der Waals surface area contributed by atoms with E-state index >= 15 is 0 Å². The van der Waals surface area contributed by atoms with Crippen LogP contribution in [-0.4, -0.2) is 47.0 Å². The minimum atomic E-state index is 0.0611. The maximum Gasteiger partial charge on any atom is 0.253 e. The summed E-state index contributed by atoms with van der Waals surface area (Å²) in [4.78, 5) is 25.0. The van der Waals surface area contributed by atoms with Gasteiger partial charge in [0.15, 0.2) is 0 Å². The zero-order valence-corrected chi connectivity index (χ0v) is 17.0. The second-order valence-corrected chi connectivity index (χ2v) is 7.91. The standard InChI is InChI=1S/C19H18ClIN4O/c20-14-7-6-13(12-15(14)21)18(26)24-8-3-9-25(11-10-24)19-22-16-4-1-2-5-17(16)23-19/h1-2,4-7,12H,3,8-11H2,(H,22,23). The van der Waals surface area contributed by atoms with Crippen LogP contribution >= 0.6 is 34.2 Å². The predicted molar refractivity (Wildman–Crippen MR) is 113 cm³/mol. The van der Waals surface area contributed by atoms with E-state index in [9.17, 15) is 4.79 Å². The van der Waals surface area contributed by atoms with Gasteiger partial charge >= 0.3 is 0 Å². The van der Waals surface area contributed by atoms with E-state index < -0.39 is 0 Å². The Hall–Kier alpha value is -1.80. The molecule has 1 aliphatic rings. The van der Waals surface area contributed by atoms with Crippen molar-refractivity contribution in [3.05, 3.63) is 56.6 Å². The highest BCUT2D eigenvalue weighted by atomic mass is 127. The third-order valence-corrected chi connectivity index (χ3v) is 6.17. The van der Waals surface area contributed by atoms with Crippen LogP contribution in [0.2, 0.25) is 5.02 Å². The first-order valence-corrected chi connectivity index (χ1v) is 10.0. The van der Waals surface area contributed by atoms with Gasteiger partial charge in [0.2, 0.25) is 5.95 Å². The molecule has 1 fully saturated rings. The van der Waals surface area contributed by atoms with Gasteiger partial charge in [-0.3, -0.25) is 4.79 Å². The van der Waals surface area contributed by atoms with E-state index in [0.717, 1.165) is 46.6 Å². The van der Waals surface area contributed by atoms with Crippen LogP contribution in [0.4, 0.5) is 5.95 Å². The van der Waals surface area contributed by atoms with Crippen LogP contribution in [0.25, 0.3) is 11.0 Å². The quantitative estimate of drug-likeness (QED) is 0.560. The lowest BCUT2D eigenvalue weighted by atomic mass is 10.2. The van der Waals surface area contributed by atoms with Gasteiger partial charge in [0, 0.05) is 35.3 Å². The fourth-order valence-corrected chi connectivity index (χ4v) is 3.87. The number of anilines is 1. The number of imidazole rings is 1. The number of carbonyl (C=O) groups is 1. The zero-order valence-electron chi connectivity index (χ0n) is 14.1. The topological polar surface area (TPSA) is 52.2 Å². The second kappa shape index (κ2) is 7.44. The number of halogens is 2. The number of para-hydroxylation sites is 2. The summed E-state index contributed by atoms with van der Waals surface area (Å²) in [5, 5.41) is 0.675. The largest absolute Gasteiger partial charge is 0.341 e. The average molecular weight is 481 g/mol. The number of hydrogen-bond donors (Lipinski definition) is 1. The Kier molecular flexibility index (Phi) is 5.04. The van der Waals surface area contributed by atoms with Crippen molar-refractivity contribution < 1.29 is 4.79 Å². The van der Waals surface area contributed by atoms with Crippen LogP contribution in [0, 0.1) is 3.57 Å². The Labute approximate surface area is 170 Å². The number of nitrogens with one attached hydrogen (secondary N) is 1. The number of amides is 1. The molecular formula is C19H18ClIN4O. The Morgan fingerprint density at radius 3 is 2.77 bits per heavy atom. The summed E-state index contributed by atoms with van der Waals surface area (Å²) in [6, 6.07) is 13.5. The van der Waals surface area contributed by atoms with Gasteiger partial charge in [-0.25, -0.2) is 4.98 Å². The van der Waals surface area contributed by atoms with Crippen molar-refractivity contribution in [1.29, 1.82) is 0 Å². The van der Waals surface area contributed by atoms with Crippen molar-refractivity contribution in [3.63, 3.8) is 0 Å². The van der Waals surface area contributed by atoms with Crippen molar-refractivity contribution in [1.82, 2.24) is 14.9 Å². The molecule has 3 aromatic rings. The molecule has 7 heteroatoms. The van der Waals surface area contributed by atoms with E-state index in [4.69, 9.17) is 11.6 Å². The minimum Gasteiger partial charge on any atom is -0.341 e. The number of fused-ring (bicyclic) bond motifs is 1. The molecule has 5 nitrogen and oxygen atoms in total. The summed E-state index contributed by atoms with van der Waals surface area (Å²) >= 11 is 8.22. The molecule has 1 N–H and O–H groups in total. The fraction of sp³-hybridized carbons (Fsp3) is 0.263. The Morgan fingerprint density at radius 1 is 1.12 bits per heavy atom. The maximum atomic E-state index is 12.8. The molecule has 0 aliphatic carbocycles. The number of nitrogens with zero attached hydrogens (tertiary/aromatic N) is 3. The van der Waals surface area contributed by atoms with Crippen molar-refractivity contribution in [2.24, 2.45) is 0 Å². The molecule has 0 spiro atoms. The van der Waals surface area contributed by atoms with Crippen molar-refractivity contribution in [2.45, 2.75) is 6.42 Å². The number of aromatic nitrogens is 2. The summed E-state index contributed by atoms with van der Waals surface area (Å²) in [7, 11) is 0. The summed E-state index contributed by atoms with van der Waals surface area (Å²) in [5.74, 6) is 0.938. The molecule has 0 radical (unpaired) electrons. The van der Waals surface area contributed by atoms with Crippen LogP contribution in [0.1, 0.15) is 16.8 Å². The molecule has 0 saturated carbocycles. The predicted octanol–water partition coefficient (Wildman–Crippen LogP) is 4.17. The second-order valence-electron chi connectivity index (χ2n) is 6.34. The number of benzene rings is 2. The molecule has 0 atom stereocenters. The van der Waals surface area contributed by atoms with E-state index in [-0.39, 0.29) is 5.91 Å². The minimum absolute atomic E-state index is 0.0611. The van der Waals surface area contributed by atoms with Gasteiger partial charge in [0.25, 0.3) is 5.91 Å². The maximum absolute atomic E-state index is 12.8. The van der Waals surface area contributed by atoms with Crippen LogP contribution in [0.3, 0.4) is 0 Å². The van der Waals surface area contributed by atoms with Crippen molar-refractivity contribution in [3.8, 4) is 0 Å². The smallest absolute Gasteiger partial charge is 0.253 e. The molecule has 26 heavy (non-hydrogen) atoms. The highest BCUT2D eigenvalue weighted by molar-refractivity contribution is 14.1. The molecule has 2 aromatic carbocycles. The highest BCUT2D eigenvalue weighted by Gasteiger charge is 2.22. The highest BCUT2D eigenvalue weighted by Crippen LogP contribution is 2.22. The van der Waals surface area contributed by atoms with Crippen LogP contribution in [0.5, 0.6) is 0 Å². The zero-order chi connectivity index (χ0) is 18.1.